The van der Waals surface area contributed by atoms with Crippen LogP contribution < -0.4 is 4.90 Å². The number of rotatable bonds is 3. The lowest BCUT2D eigenvalue weighted by Crippen LogP contribution is -2.29. The summed E-state index contributed by atoms with van der Waals surface area (Å²) in [5.74, 6) is -2.93. The number of aliphatic carboxylic acids is 1. The second-order valence-electron chi connectivity index (χ2n) is 4.14. The molecule has 0 aromatic heterocycles. The highest BCUT2D eigenvalue weighted by Crippen LogP contribution is 2.40. The van der Waals surface area contributed by atoms with Crippen molar-refractivity contribution in [3.63, 3.8) is 0 Å². The molecule has 0 bridgehead atoms. The highest BCUT2D eigenvalue weighted by molar-refractivity contribution is 5.99. The average Bonchev–Trinajstić information content (AvgIpc) is 3.08. The summed E-state index contributed by atoms with van der Waals surface area (Å²) >= 11 is 0. The minimum atomic E-state index is -0.967. The second-order valence-corrected chi connectivity index (χ2v) is 4.14. The van der Waals surface area contributed by atoms with E-state index >= 15 is 0 Å². The number of carboxylic acids is 1. The maximum atomic E-state index is 13.4. The van der Waals surface area contributed by atoms with Crippen molar-refractivity contribution in [2.45, 2.75) is 6.42 Å². The average molecular weight is 237 g/mol. The third kappa shape index (κ3) is 2.13. The zero-order valence-corrected chi connectivity index (χ0v) is 9.26. The molecule has 1 aliphatic carbocycles. The number of benzene rings is 1. The molecule has 17 heavy (non-hydrogen) atoms. The Kier molecular flexibility index (Phi) is 2.83. The van der Waals surface area contributed by atoms with Crippen LogP contribution in [0.15, 0.2) is 24.3 Å². The summed E-state index contributed by atoms with van der Waals surface area (Å²) in [4.78, 5) is 23.7. The molecule has 0 unspecified atom stereocenters. The molecular weight excluding hydrogens is 225 g/mol. The number of anilines is 1. The molecule has 1 N–H and O–H groups in total. The largest absolute Gasteiger partial charge is 0.481 e. The monoisotopic (exact) mass is 237 g/mol. The summed E-state index contributed by atoms with van der Waals surface area (Å²) in [6, 6.07) is 5.92. The van der Waals surface area contributed by atoms with Crippen LogP contribution in [-0.4, -0.2) is 24.0 Å². The van der Waals surface area contributed by atoms with Gasteiger partial charge in [0.25, 0.3) is 0 Å². The molecule has 0 heterocycles. The van der Waals surface area contributed by atoms with Crippen molar-refractivity contribution in [3.8, 4) is 0 Å². The van der Waals surface area contributed by atoms with E-state index in [1.54, 1.807) is 6.07 Å². The van der Waals surface area contributed by atoms with E-state index in [0.717, 1.165) is 0 Å². The van der Waals surface area contributed by atoms with Crippen molar-refractivity contribution >= 4 is 17.6 Å². The minimum absolute atomic E-state index is 0.175. The maximum absolute atomic E-state index is 13.4. The molecule has 5 heteroatoms. The van der Waals surface area contributed by atoms with Gasteiger partial charge in [0, 0.05) is 7.05 Å². The summed E-state index contributed by atoms with van der Waals surface area (Å²) in [5, 5.41) is 8.73. The molecule has 1 fully saturated rings. The van der Waals surface area contributed by atoms with Crippen LogP contribution in [0.1, 0.15) is 6.42 Å². The van der Waals surface area contributed by atoms with Gasteiger partial charge in [-0.2, -0.15) is 0 Å². The van der Waals surface area contributed by atoms with Crippen molar-refractivity contribution < 1.29 is 19.1 Å². The van der Waals surface area contributed by atoms with Gasteiger partial charge < -0.3 is 10.0 Å². The molecule has 2 atom stereocenters. The lowest BCUT2D eigenvalue weighted by Gasteiger charge is -2.17. The highest BCUT2D eigenvalue weighted by Gasteiger charge is 2.49. The molecule has 0 radical (unpaired) electrons. The molecular formula is C12H12FNO3. The van der Waals surface area contributed by atoms with E-state index in [1.807, 2.05) is 0 Å². The molecule has 0 saturated heterocycles. The minimum Gasteiger partial charge on any atom is -0.481 e. The summed E-state index contributed by atoms with van der Waals surface area (Å²) in [6.07, 6.45) is 0.340. The first kappa shape index (κ1) is 11.6. The van der Waals surface area contributed by atoms with E-state index in [0.29, 0.717) is 6.42 Å². The third-order valence-corrected chi connectivity index (χ3v) is 2.97. The predicted molar refractivity (Wildman–Crippen MR) is 59.0 cm³/mol. The van der Waals surface area contributed by atoms with E-state index in [4.69, 9.17) is 5.11 Å². The molecule has 1 saturated carbocycles. The van der Waals surface area contributed by atoms with Gasteiger partial charge in [0.1, 0.15) is 5.82 Å². The van der Waals surface area contributed by atoms with Gasteiger partial charge in [-0.1, -0.05) is 12.1 Å². The zero-order chi connectivity index (χ0) is 12.6. The van der Waals surface area contributed by atoms with Gasteiger partial charge in [-0.3, -0.25) is 9.59 Å². The van der Waals surface area contributed by atoms with Crippen LogP contribution in [0, 0.1) is 17.7 Å². The van der Waals surface area contributed by atoms with Crippen LogP contribution in [0.4, 0.5) is 10.1 Å². The Morgan fingerprint density at radius 2 is 2.00 bits per heavy atom. The Morgan fingerprint density at radius 3 is 2.53 bits per heavy atom. The van der Waals surface area contributed by atoms with E-state index in [1.165, 1.54) is 30.1 Å². The zero-order valence-electron chi connectivity index (χ0n) is 9.26. The van der Waals surface area contributed by atoms with E-state index in [2.05, 4.69) is 0 Å². The van der Waals surface area contributed by atoms with Gasteiger partial charge >= 0.3 is 5.97 Å². The number of amides is 1. The summed E-state index contributed by atoms with van der Waals surface area (Å²) in [5.41, 5.74) is 0.175. The van der Waals surface area contributed by atoms with E-state index in [9.17, 15) is 14.0 Å². The molecule has 1 aromatic carbocycles. The Hall–Kier alpha value is -1.91. The number of carboxylic acid groups (broad SMARTS) is 1. The summed E-state index contributed by atoms with van der Waals surface area (Å²) in [7, 11) is 1.46. The van der Waals surface area contributed by atoms with Crippen molar-refractivity contribution in [1.29, 1.82) is 0 Å². The fourth-order valence-electron chi connectivity index (χ4n) is 1.83. The Morgan fingerprint density at radius 1 is 1.35 bits per heavy atom. The van der Waals surface area contributed by atoms with Crippen molar-refractivity contribution in [3.05, 3.63) is 30.1 Å². The van der Waals surface area contributed by atoms with Gasteiger partial charge in [-0.25, -0.2) is 4.39 Å². The lowest BCUT2D eigenvalue weighted by molar-refractivity contribution is -0.139. The predicted octanol–water partition coefficient (Wildman–Crippen LogP) is 1.51. The number of para-hydroxylation sites is 1. The van der Waals surface area contributed by atoms with Crippen LogP contribution in [0.5, 0.6) is 0 Å². The number of halogens is 1. The molecule has 2 rings (SSSR count). The first-order valence-electron chi connectivity index (χ1n) is 5.27. The summed E-state index contributed by atoms with van der Waals surface area (Å²) in [6.45, 7) is 0. The quantitative estimate of drug-likeness (QED) is 0.866. The fourth-order valence-corrected chi connectivity index (χ4v) is 1.83. The molecule has 0 aliphatic heterocycles. The van der Waals surface area contributed by atoms with Crippen LogP contribution in [-0.2, 0) is 9.59 Å². The normalized spacial score (nSPS) is 22.0. The Balaban J connectivity index is 2.12. The molecule has 90 valence electrons. The first-order chi connectivity index (χ1) is 8.02. The molecule has 1 aromatic rings. The number of hydrogen-bond acceptors (Lipinski definition) is 2. The fraction of sp³-hybridized carbons (Fsp3) is 0.333. The molecule has 0 spiro atoms. The number of carbonyl (C=O) groups excluding carboxylic acids is 1. The van der Waals surface area contributed by atoms with E-state index < -0.39 is 23.6 Å². The Labute approximate surface area is 97.7 Å². The van der Waals surface area contributed by atoms with Crippen LogP contribution in [0.2, 0.25) is 0 Å². The van der Waals surface area contributed by atoms with Crippen molar-refractivity contribution in [2.24, 2.45) is 11.8 Å². The van der Waals surface area contributed by atoms with Crippen LogP contribution in [0.25, 0.3) is 0 Å². The van der Waals surface area contributed by atoms with Gasteiger partial charge in [-0.05, 0) is 18.6 Å². The Bertz CT molecular complexity index is 475. The number of carbonyl (C=O) groups is 2. The van der Waals surface area contributed by atoms with Crippen LogP contribution in [0.3, 0.4) is 0 Å². The van der Waals surface area contributed by atoms with Gasteiger partial charge in [0.05, 0.1) is 17.5 Å². The highest BCUT2D eigenvalue weighted by atomic mass is 19.1. The maximum Gasteiger partial charge on any atom is 0.307 e. The SMILES string of the molecule is CN(C(=O)[C@@H]1C[C@@H]1C(=O)O)c1ccccc1F. The van der Waals surface area contributed by atoms with Crippen LogP contribution >= 0.6 is 0 Å². The van der Waals surface area contributed by atoms with Crippen molar-refractivity contribution in [1.82, 2.24) is 0 Å². The second kappa shape index (κ2) is 4.16. The smallest absolute Gasteiger partial charge is 0.307 e. The molecule has 4 nitrogen and oxygen atoms in total. The molecule has 1 amide bonds. The standard InChI is InChI=1S/C12H12FNO3/c1-14(10-5-3-2-4-9(10)13)11(15)7-6-8(7)12(16)17/h2-5,7-8H,6H2,1H3,(H,16,17)/t7-,8+/m1/s1. The third-order valence-electron chi connectivity index (χ3n) is 2.97. The summed E-state index contributed by atoms with van der Waals surface area (Å²) < 4.78 is 13.4. The van der Waals surface area contributed by atoms with Crippen molar-refractivity contribution in [2.75, 3.05) is 11.9 Å². The number of hydrogen-bond donors (Lipinski definition) is 1. The lowest BCUT2D eigenvalue weighted by atomic mass is 10.2. The number of nitrogens with zero attached hydrogens (tertiary/aromatic N) is 1. The topological polar surface area (TPSA) is 57.6 Å². The van der Waals surface area contributed by atoms with E-state index in [-0.39, 0.29) is 11.6 Å². The first-order valence-corrected chi connectivity index (χ1v) is 5.27. The van der Waals surface area contributed by atoms with Gasteiger partial charge in [0.15, 0.2) is 0 Å². The molecule has 1 aliphatic rings. The van der Waals surface area contributed by atoms with Gasteiger partial charge in [-0.15, -0.1) is 0 Å². The van der Waals surface area contributed by atoms with Gasteiger partial charge in [0.2, 0.25) is 5.91 Å².